The Hall–Kier alpha value is -3.88. The molecule has 0 aliphatic carbocycles. The maximum Gasteiger partial charge on any atom is 0.0433 e. The topological polar surface area (TPSA) is 26.0 Å². The van der Waals surface area contributed by atoms with Gasteiger partial charge in [0, 0.05) is 31.2 Å². The van der Waals surface area contributed by atoms with Crippen LogP contribution in [0, 0.1) is 0 Å². The van der Waals surface area contributed by atoms with Crippen LogP contribution in [0.3, 0.4) is 0 Å². The zero-order valence-corrected chi connectivity index (χ0v) is 22.8. The molecule has 0 aliphatic rings. The second-order valence-electron chi connectivity index (χ2n) is 8.75. The van der Waals surface area contributed by atoms with Gasteiger partial charge in [-0.1, -0.05) is 111 Å². The van der Waals surface area contributed by atoms with Gasteiger partial charge in [-0.05, 0) is 59.5 Å². The van der Waals surface area contributed by atoms with Gasteiger partial charge >= 0.3 is 0 Å². The lowest BCUT2D eigenvalue weighted by Crippen LogP contribution is -1.98. The maximum absolute atomic E-state index is 6.62. The fraction of sp³-hybridized carbons (Fsp3) is 0.143. The molecule has 1 nitrogen and oxygen atoms in total. The van der Waals surface area contributed by atoms with Crippen LogP contribution in [0.1, 0.15) is 31.9 Å². The van der Waals surface area contributed by atoms with Crippen LogP contribution in [-0.2, 0) is 12.8 Å². The molecule has 0 aliphatic heterocycles. The highest BCUT2D eigenvalue weighted by molar-refractivity contribution is 7.26. The molecule has 5 aromatic carbocycles. The lowest BCUT2D eigenvalue weighted by Gasteiger charge is -2.11. The molecule has 0 amide bonds. The van der Waals surface area contributed by atoms with Gasteiger partial charge in [0.2, 0.25) is 0 Å². The number of benzene rings is 5. The van der Waals surface area contributed by atoms with Crippen molar-refractivity contribution in [2.75, 3.05) is 5.73 Å². The van der Waals surface area contributed by atoms with E-state index in [0.29, 0.717) is 0 Å². The first-order valence-corrected chi connectivity index (χ1v) is 13.8. The van der Waals surface area contributed by atoms with E-state index in [1.807, 2.05) is 32.1 Å². The fourth-order valence-electron chi connectivity index (χ4n) is 4.68. The highest BCUT2D eigenvalue weighted by Crippen LogP contribution is 2.40. The molecule has 6 rings (SSSR count). The molecular formula is C35H35NS. The van der Waals surface area contributed by atoms with E-state index in [0.717, 1.165) is 23.9 Å². The Labute approximate surface area is 224 Å². The first-order chi connectivity index (χ1) is 18.2. The number of thiophene rings is 1. The average molecular weight is 502 g/mol. The van der Waals surface area contributed by atoms with E-state index in [1.165, 1.54) is 47.8 Å². The standard InChI is InChI=1S/C30H23NS.C3H6.C2H6/c31-29-21(14-13-20-7-2-1-3-8-20)15-16-22-19-23(17-18-24(22)29)25-10-6-11-27-26-9-4-5-12-28(26)32-30(25)27;1-3-2;1-2/h1-12,15-19H,13-14,31H2;3H,1H2,2H3;1-2H3. The molecular weight excluding hydrogens is 466 g/mol. The quantitative estimate of drug-likeness (QED) is 0.189. The smallest absolute Gasteiger partial charge is 0.0433 e. The summed E-state index contributed by atoms with van der Waals surface area (Å²) in [6.45, 7) is 9.25. The van der Waals surface area contributed by atoms with Gasteiger partial charge in [-0.3, -0.25) is 0 Å². The molecule has 0 bridgehead atoms. The predicted octanol–water partition coefficient (Wildman–Crippen LogP) is 10.5. The van der Waals surface area contributed by atoms with Gasteiger partial charge in [-0.2, -0.15) is 0 Å². The van der Waals surface area contributed by atoms with Crippen molar-refractivity contribution in [1.29, 1.82) is 0 Å². The van der Waals surface area contributed by atoms with Gasteiger partial charge in [-0.15, -0.1) is 17.9 Å². The Kier molecular flexibility index (Phi) is 8.77. The number of hydrogen-bond donors (Lipinski definition) is 1. The lowest BCUT2D eigenvalue weighted by atomic mass is 9.95. The number of anilines is 1. The molecule has 2 heteroatoms. The molecule has 0 saturated carbocycles. The lowest BCUT2D eigenvalue weighted by molar-refractivity contribution is 0.965. The minimum Gasteiger partial charge on any atom is -0.398 e. The van der Waals surface area contributed by atoms with Gasteiger partial charge in [0.05, 0.1) is 0 Å². The number of hydrogen-bond acceptors (Lipinski definition) is 2. The van der Waals surface area contributed by atoms with E-state index < -0.39 is 0 Å². The van der Waals surface area contributed by atoms with E-state index in [4.69, 9.17) is 5.73 Å². The SMILES string of the molecule is C=CC.CC.Nc1c(CCc2ccccc2)ccc2cc(-c3cccc4c3sc3ccccc34)ccc12. The summed E-state index contributed by atoms with van der Waals surface area (Å²) >= 11 is 1.87. The highest BCUT2D eigenvalue weighted by atomic mass is 32.1. The molecule has 6 aromatic rings. The molecule has 0 atom stereocenters. The summed E-state index contributed by atoms with van der Waals surface area (Å²) < 4.78 is 2.68. The number of fused-ring (bicyclic) bond motifs is 4. The average Bonchev–Trinajstić information content (AvgIpc) is 3.34. The van der Waals surface area contributed by atoms with Crippen LogP contribution in [0.25, 0.3) is 42.1 Å². The summed E-state index contributed by atoms with van der Waals surface area (Å²) in [6.07, 6.45) is 3.71. The van der Waals surface area contributed by atoms with Crippen molar-refractivity contribution in [3.8, 4) is 11.1 Å². The summed E-state index contributed by atoms with van der Waals surface area (Å²) in [5.74, 6) is 0. The molecule has 1 aromatic heterocycles. The third-order valence-corrected chi connectivity index (χ3v) is 7.61. The van der Waals surface area contributed by atoms with E-state index in [1.54, 1.807) is 6.08 Å². The first kappa shape index (κ1) is 26.2. The van der Waals surface area contributed by atoms with Crippen molar-refractivity contribution in [3.05, 3.63) is 127 Å². The maximum atomic E-state index is 6.62. The summed E-state index contributed by atoms with van der Waals surface area (Å²) in [5, 5.41) is 5.01. The molecule has 0 radical (unpaired) electrons. The Morgan fingerprint density at radius 3 is 2.22 bits per heavy atom. The fourth-order valence-corrected chi connectivity index (χ4v) is 5.92. The summed E-state index contributed by atoms with van der Waals surface area (Å²) in [4.78, 5) is 0. The number of nitrogen functional groups attached to an aromatic ring is 1. The zero-order valence-electron chi connectivity index (χ0n) is 22.0. The Morgan fingerprint density at radius 1 is 0.730 bits per heavy atom. The van der Waals surface area contributed by atoms with Gasteiger partial charge in [0.1, 0.15) is 0 Å². The van der Waals surface area contributed by atoms with E-state index >= 15 is 0 Å². The third-order valence-electron chi connectivity index (χ3n) is 6.39. The van der Waals surface area contributed by atoms with Crippen LogP contribution in [-0.4, -0.2) is 0 Å². The van der Waals surface area contributed by atoms with E-state index in [9.17, 15) is 0 Å². The Bertz CT molecular complexity index is 1630. The second-order valence-corrected chi connectivity index (χ2v) is 9.80. The molecule has 1 heterocycles. The first-order valence-electron chi connectivity index (χ1n) is 13.0. The van der Waals surface area contributed by atoms with Crippen LogP contribution in [0.4, 0.5) is 5.69 Å². The Morgan fingerprint density at radius 2 is 1.43 bits per heavy atom. The zero-order chi connectivity index (χ0) is 26.2. The molecule has 0 saturated heterocycles. The van der Waals surface area contributed by atoms with Crippen molar-refractivity contribution in [2.24, 2.45) is 0 Å². The minimum absolute atomic E-state index is 0.907. The van der Waals surface area contributed by atoms with Crippen LogP contribution < -0.4 is 5.73 Å². The number of allylic oxidation sites excluding steroid dienone is 1. The molecule has 186 valence electrons. The molecule has 0 spiro atoms. The van der Waals surface area contributed by atoms with Crippen LogP contribution in [0.15, 0.2) is 116 Å². The van der Waals surface area contributed by atoms with E-state index in [2.05, 4.69) is 110 Å². The van der Waals surface area contributed by atoms with Crippen molar-refractivity contribution >= 4 is 48.0 Å². The minimum atomic E-state index is 0.907. The highest BCUT2D eigenvalue weighted by Gasteiger charge is 2.12. The third kappa shape index (κ3) is 5.60. The molecule has 0 fully saturated rings. The summed E-state index contributed by atoms with van der Waals surface area (Å²) in [5.41, 5.74) is 12.6. The largest absolute Gasteiger partial charge is 0.398 e. The normalized spacial score (nSPS) is 10.5. The van der Waals surface area contributed by atoms with Crippen LogP contribution in [0.2, 0.25) is 0 Å². The molecule has 2 N–H and O–H groups in total. The summed E-state index contributed by atoms with van der Waals surface area (Å²) in [7, 11) is 0. The number of rotatable bonds is 4. The summed E-state index contributed by atoms with van der Waals surface area (Å²) in [6, 6.07) is 37.0. The molecule has 37 heavy (non-hydrogen) atoms. The van der Waals surface area contributed by atoms with Crippen molar-refractivity contribution in [3.63, 3.8) is 0 Å². The van der Waals surface area contributed by atoms with Crippen molar-refractivity contribution in [1.82, 2.24) is 0 Å². The Balaban J connectivity index is 0.000000599. The van der Waals surface area contributed by atoms with Gasteiger partial charge in [0.15, 0.2) is 0 Å². The molecule has 0 unspecified atom stereocenters. The van der Waals surface area contributed by atoms with Crippen molar-refractivity contribution < 1.29 is 0 Å². The van der Waals surface area contributed by atoms with Crippen molar-refractivity contribution in [2.45, 2.75) is 33.6 Å². The number of nitrogens with two attached hydrogens (primary N) is 1. The van der Waals surface area contributed by atoms with Gasteiger partial charge < -0.3 is 5.73 Å². The van der Waals surface area contributed by atoms with Crippen LogP contribution >= 0.6 is 11.3 Å². The van der Waals surface area contributed by atoms with Crippen LogP contribution in [0.5, 0.6) is 0 Å². The second kappa shape index (κ2) is 12.4. The van der Waals surface area contributed by atoms with Gasteiger partial charge in [-0.25, -0.2) is 0 Å². The predicted molar refractivity (Wildman–Crippen MR) is 168 cm³/mol. The number of aryl methyl sites for hydroxylation is 2. The van der Waals surface area contributed by atoms with E-state index in [-0.39, 0.29) is 0 Å². The van der Waals surface area contributed by atoms with Gasteiger partial charge in [0.25, 0.3) is 0 Å². The monoisotopic (exact) mass is 501 g/mol.